The summed E-state index contributed by atoms with van der Waals surface area (Å²) in [6.07, 6.45) is 0. The fraction of sp³-hybridized carbons (Fsp3) is 0.167. The molecule has 2 aromatic rings. The molecule has 0 unspecified atom stereocenters. The Balaban J connectivity index is 2.24. The largest absolute Gasteiger partial charge is 0.298 e. The van der Waals surface area contributed by atoms with Crippen molar-refractivity contribution < 1.29 is 9.72 Å². The number of nitro benzene ring substituents is 1. The van der Waals surface area contributed by atoms with Crippen LogP contribution in [0, 0.1) is 17.0 Å². The number of nitro groups is 1. The number of rotatable bonds is 4. The van der Waals surface area contributed by atoms with Gasteiger partial charge in [0.15, 0.2) is 5.13 Å². The smallest absolute Gasteiger partial charge is 0.270 e. The molecular formula is C12H10ClN3O3S. The molecule has 0 radical (unpaired) electrons. The van der Waals surface area contributed by atoms with Crippen LogP contribution in [0.5, 0.6) is 0 Å². The number of thiazole rings is 1. The monoisotopic (exact) mass is 311 g/mol. The number of alkyl halides is 1. The summed E-state index contributed by atoms with van der Waals surface area (Å²) < 4.78 is 0. The SMILES string of the molecule is Cc1ccc([N+](=O)[O-])cc1C(=O)Nc1nc(CCl)cs1. The van der Waals surface area contributed by atoms with E-state index in [-0.39, 0.29) is 17.1 Å². The number of hydrogen-bond donors (Lipinski definition) is 1. The zero-order valence-corrected chi connectivity index (χ0v) is 12.0. The average molecular weight is 312 g/mol. The highest BCUT2D eigenvalue weighted by atomic mass is 35.5. The molecule has 0 spiro atoms. The van der Waals surface area contributed by atoms with Gasteiger partial charge in [0, 0.05) is 23.1 Å². The van der Waals surface area contributed by atoms with Crippen molar-refractivity contribution in [3.05, 3.63) is 50.5 Å². The van der Waals surface area contributed by atoms with E-state index < -0.39 is 10.8 Å². The van der Waals surface area contributed by atoms with Gasteiger partial charge in [-0.15, -0.1) is 22.9 Å². The number of hydrogen-bond acceptors (Lipinski definition) is 5. The van der Waals surface area contributed by atoms with Crippen LogP contribution in [0.15, 0.2) is 23.6 Å². The average Bonchev–Trinajstić information content (AvgIpc) is 2.86. The number of aryl methyl sites for hydroxylation is 1. The summed E-state index contributed by atoms with van der Waals surface area (Å²) in [5.41, 5.74) is 1.45. The molecule has 1 aromatic heterocycles. The molecular weight excluding hydrogens is 302 g/mol. The first-order valence-electron chi connectivity index (χ1n) is 5.58. The summed E-state index contributed by atoms with van der Waals surface area (Å²) in [6, 6.07) is 4.15. The summed E-state index contributed by atoms with van der Waals surface area (Å²) >= 11 is 6.88. The summed E-state index contributed by atoms with van der Waals surface area (Å²) in [5.74, 6) is -0.163. The minimum atomic E-state index is -0.536. The van der Waals surface area contributed by atoms with Crippen molar-refractivity contribution in [3.63, 3.8) is 0 Å². The number of non-ortho nitro benzene ring substituents is 1. The Bertz CT molecular complexity index is 672. The molecule has 0 bridgehead atoms. The van der Waals surface area contributed by atoms with Crippen LogP contribution in [0.4, 0.5) is 10.8 Å². The maximum absolute atomic E-state index is 12.1. The van der Waals surface area contributed by atoms with Gasteiger partial charge in [0.25, 0.3) is 11.6 Å². The summed E-state index contributed by atoms with van der Waals surface area (Å²) in [7, 11) is 0. The molecule has 0 saturated heterocycles. The van der Waals surface area contributed by atoms with Crippen LogP contribution in [0.25, 0.3) is 0 Å². The van der Waals surface area contributed by atoms with Gasteiger partial charge in [0.2, 0.25) is 0 Å². The highest BCUT2D eigenvalue weighted by Crippen LogP contribution is 2.21. The molecule has 1 aromatic carbocycles. The fourth-order valence-electron chi connectivity index (χ4n) is 1.56. The maximum atomic E-state index is 12.1. The van der Waals surface area contributed by atoms with Gasteiger partial charge in [-0.2, -0.15) is 0 Å². The molecule has 1 heterocycles. The Hall–Kier alpha value is -1.99. The second-order valence-electron chi connectivity index (χ2n) is 3.99. The summed E-state index contributed by atoms with van der Waals surface area (Å²) in [6.45, 7) is 1.71. The zero-order valence-electron chi connectivity index (χ0n) is 10.4. The number of anilines is 1. The van der Waals surface area contributed by atoms with Gasteiger partial charge in [-0.3, -0.25) is 20.2 Å². The van der Waals surface area contributed by atoms with Crippen molar-refractivity contribution in [2.75, 3.05) is 5.32 Å². The van der Waals surface area contributed by atoms with Gasteiger partial charge >= 0.3 is 0 Å². The van der Waals surface area contributed by atoms with E-state index in [2.05, 4.69) is 10.3 Å². The predicted molar refractivity (Wildman–Crippen MR) is 77.5 cm³/mol. The van der Waals surface area contributed by atoms with Gasteiger partial charge in [0.05, 0.1) is 16.5 Å². The molecule has 0 fully saturated rings. The number of benzene rings is 1. The number of carbonyl (C=O) groups is 1. The first kappa shape index (κ1) is 14.4. The lowest BCUT2D eigenvalue weighted by atomic mass is 10.1. The molecule has 6 nitrogen and oxygen atoms in total. The van der Waals surface area contributed by atoms with Crippen molar-refractivity contribution in [1.29, 1.82) is 0 Å². The first-order valence-corrected chi connectivity index (χ1v) is 6.99. The normalized spacial score (nSPS) is 10.3. The van der Waals surface area contributed by atoms with E-state index in [9.17, 15) is 14.9 Å². The predicted octanol–water partition coefficient (Wildman–Crippen LogP) is 3.35. The lowest BCUT2D eigenvalue weighted by Gasteiger charge is -2.05. The molecule has 0 aliphatic rings. The molecule has 0 aliphatic carbocycles. The number of carbonyl (C=O) groups excluding carboxylic acids is 1. The number of amides is 1. The fourth-order valence-corrected chi connectivity index (χ4v) is 2.49. The highest BCUT2D eigenvalue weighted by Gasteiger charge is 2.15. The van der Waals surface area contributed by atoms with E-state index in [1.807, 2.05) is 0 Å². The van der Waals surface area contributed by atoms with E-state index in [1.165, 1.54) is 23.5 Å². The number of halogens is 1. The molecule has 0 atom stereocenters. The third-order valence-corrected chi connectivity index (χ3v) is 3.67. The molecule has 20 heavy (non-hydrogen) atoms. The van der Waals surface area contributed by atoms with Crippen LogP contribution in [-0.2, 0) is 5.88 Å². The van der Waals surface area contributed by atoms with E-state index in [4.69, 9.17) is 11.6 Å². The van der Waals surface area contributed by atoms with E-state index >= 15 is 0 Å². The molecule has 2 rings (SSSR count). The lowest BCUT2D eigenvalue weighted by Crippen LogP contribution is -2.13. The quantitative estimate of drug-likeness (QED) is 0.533. The Kier molecular flexibility index (Phi) is 4.31. The molecule has 1 amide bonds. The van der Waals surface area contributed by atoms with Crippen LogP contribution in [0.2, 0.25) is 0 Å². The second-order valence-corrected chi connectivity index (χ2v) is 5.11. The number of aromatic nitrogens is 1. The Morgan fingerprint density at radius 3 is 2.90 bits per heavy atom. The molecule has 1 N–H and O–H groups in total. The van der Waals surface area contributed by atoms with Crippen molar-refractivity contribution in [3.8, 4) is 0 Å². The zero-order chi connectivity index (χ0) is 14.7. The van der Waals surface area contributed by atoms with Gasteiger partial charge < -0.3 is 0 Å². The second kappa shape index (κ2) is 5.98. The standard InChI is InChI=1S/C12H10ClN3O3S/c1-7-2-3-9(16(18)19)4-10(7)11(17)15-12-14-8(5-13)6-20-12/h2-4,6H,5H2,1H3,(H,14,15,17). The minimum Gasteiger partial charge on any atom is -0.298 e. The Labute approximate surface area is 123 Å². The maximum Gasteiger partial charge on any atom is 0.270 e. The minimum absolute atomic E-state index is 0.124. The van der Waals surface area contributed by atoms with E-state index in [1.54, 1.807) is 18.4 Å². The van der Waals surface area contributed by atoms with Crippen LogP contribution >= 0.6 is 22.9 Å². The van der Waals surface area contributed by atoms with Gasteiger partial charge in [-0.1, -0.05) is 6.07 Å². The van der Waals surface area contributed by atoms with Crippen molar-refractivity contribution in [1.82, 2.24) is 4.98 Å². The van der Waals surface area contributed by atoms with Gasteiger partial charge in [-0.25, -0.2) is 4.98 Å². The van der Waals surface area contributed by atoms with Crippen LogP contribution < -0.4 is 5.32 Å². The molecule has 0 aliphatic heterocycles. The first-order chi connectivity index (χ1) is 9.51. The highest BCUT2D eigenvalue weighted by molar-refractivity contribution is 7.14. The lowest BCUT2D eigenvalue weighted by molar-refractivity contribution is -0.384. The van der Waals surface area contributed by atoms with Crippen molar-refractivity contribution in [2.45, 2.75) is 12.8 Å². The molecule has 0 saturated carbocycles. The Morgan fingerprint density at radius 1 is 1.55 bits per heavy atom. The molecule has 104 valence electrons. The third-order valence-electron chi connectivity index (χ3n) is 2.59. The summed E-state index contributed by atoms with van der Waals surface area (Å²) in [4.78, 5) is 26.4. The van der Waals surface area contributed by atoms with Crippen LogP contribution in [-0.4, -0.2) is 15.8 Å². The third kappa shape index (κ3) is 3.12. The number of nitrogens with one attached hydrogen (secondary N) is 1. The topological polar surface area (TPSA) is 85.1 Å². The van der Waals surface area contributed by atoms with Gasteiger partial charge in [-0.05, 0) is 12.5 Å². The number of nitrogens with zero attached hydrogens (tertiary/aromatic N) is 2. The Morgan fingerprint density at radius 2 is 2.30 bits per heavy atom. The van der Waals surface area contributed by atoms with E-state index in [0.717, 1.165) is 0 Å². The van der Waals surface area contributed by atoms with Crippen LogP contribution in [0.3, 0.4) is 0 Å². The summed E-state index contributed by atoms with van der Waals surface area (Å²) in [5, 5.41) is 15.5. The van der Waals surface area contributed by atoms with Crippen molar-refractivity contribution in [2.24, 2.45) is 0 Å². The van der Waals surface area contributed by atoms with Gasteiger partial charge in [0.1, 0.15) is 0 Å². The van der Waals surface area contributed by atoms with E-state index in [0.29, 0.717) is 16.4 Å². The van der Waals surface area contributed by atoms with Crippen molar-refractivity contribution >= 4 is 39.7 Å². The molecule has 8 heteroatoms. The van der Waals surface area contributed by atoms with Crippen LogP contribution in [0.1, 0.15) is 21.6 Å².